The van der Waals surface area contributed by atoms with Gasteiger partial charge in [0.1, 0.15) is 6.29 Å². The highest BCUT2D eigenvalue weighted by Crippen LogP contribution is 2.26. The molecule has 0 unspecified atom stereocenters. The summed E-state index contributed by atoms with van der Waals surface area (Å²) in [6.07, 6.45) is 28.4. The average molecular weight is 1290 g/mol. The molecule has 11 aromatic rings. The molecule has 3 aromatic carbocycles. The highest BCUT2D eigenvalue weighted by Gasteiger charge is 2.28. The van der Waals surface area contributed by atoms with E-state index in [1.807, 2.05) is 162 Å². The molecule has 3 saturated heterocycles. The summed E-state index contributed by atoms with van der Waals surface area (Å²) in [5.74, 6) is 0. The van der Waals surface area contributed by atoms with E-state index in [9.17, 15) is 24.0 Å². The molecular formula is C77H86N14O5. The number of nitrogens with two attached hydrogens (primary N) is 1. The van der Waals surface area contributed by atoms with Gasteiger partial charge in [-0.3, -0.25) is 53.8 Å². The molecule has 0 saturated carbocycles. The third-order valence-electron chi connectivity index (χ3n) is 17.8. The van der Waals surface area contributed by atoms with E-state index in [1.54, 1.807) is 53.6 Å². The summed E-state index contributed by atoms with van der Waals surface area (Å²) in [7, 11) is 5.83. The Bertz CT molecular complexity index is 4550. The van der Waals surface area contributed by atoms with Crippen LogP contribution in [0, 0.1) is 13.8 Å². The van der Waals surface area contributed by atoms with E-state index in [0.29, 0.717) is 48.5 Å². The predicted octanol–water partition coefficient (Wildman–Crippen LogP) is 10.6. The average Bonchev–Trinajstić information content (AvgIpc) is 0.962. The third-order valence-corrected chi connectivity index (χ3v) is 17.8. The lowest BCUT2D eigenvalue weighted by Gasteiger charge is -2.40. The fraction of sp³-hybridized carbons (Fsp3) is 0.299. The van der Waals surface area contributed by atoms with Crippen molar-refractivity contribution in [1.29, 1.82) is 0 Å². The van der Waals surface area contributed by atoms with Gasteiger partial charge in [-0.05, 0) is 155 Å². The Labute approximate surface area is 560 Å². The number of piperidine rings is 3. The number of nitrogens with zero attached hydrogens (tertiary/aromatic N) is 12. The van der Waals surface area contributed by atoms with Crippen molar-refractivity contribution in [3.05, 3.63) is 272 Å². The van der Waals surface area contributed by atoms with Crippen molar-refractivity contribution in [3.8, 4) is 0 Å². The van der Waals surface area contributed by atoms with Gasteiger partial charge in [0.2, 0.25) is 0 Å². The Hall–Kier alpha value is -10.3. The standard InChI is InChI=1S/C28H31N5O.C21H24N4O.C11H9NO2.C10H15N3.C7H7NO/c1-21-15-22(11-13-30-21)17-33(25-8-6-14-32(20-25)24-7-5-12-29-16-24)19-23-18-31(2)27-10-4-3-9-26(27)28(23)34;1-24-14-16(21(26)19-8-2-3-9-20(19)24)12-23-17-6-5-11-25(15-17)18-7-4-10-22-13-18;1-12-6-8(7-13)11(14)9-4-2-3-5-10(9)12;11-9-3-2-6-13(8-9)10-4-1-5-12-7-10;1-6-4-7(5-9)2-3-8-6/h3-5,7,9-13,15-16,18,25H,6,8,14,17,19-20H2,1-2H3;2-4,7-10,13-14,17,23H,5-6,11-12,15H2,1H3;2-7H,1H3;1,4-5,7,9H,2-3,6,8,11H2;2-5H,1H3/t25-;17-;;9-;/m00.0./s1. The van der Waals surface area contributed by atoms with Crippen LogP contribution >= 0.6 is 0 Å². The number of aldehydes is 2. The van der Waals surface area contributed by atoms with Crippen molar-refractivity contribution in [3.63, 3.8) is 0 Å². The van der Waals surface area contributed by atoms with Gasteiger partial charge in [-0.15, -0.1) is 0 Å². The first-order valence-corrected chi connectivity index (χ1v) is 32.9. The number of hydrogen-bond donors (Lipinski definition) is 2. The molecule has 0 radical (unpaired) electrons. The number of nitrogens with one attached hydrogen (secondary N) is 1. The molecule has 3 N–H and O–H groups in total. The first-order chi connectivity index (χ1) is 46.7. The Kier molecular flexibility index (Phi) is 24.0. The fourth-order valence-electron chi connectivity index (χ4n) is 12.9. The van der Waals surface area contributed by atoms with E-state index < -0.39 is 0 Å². The molecule has 3 aliphatic heterocycles. The van der Waals surface area contributed by atoms with Crippen molar-refractivity contribution in [2.45, 2.75) is 90.1 Å². The number of aryl methyl sites for hydroxylation is 5. The number of hydrogen-bond acceptors (Lipinski definition) is 16. The van der Waals surface area contributed by atoms with E-state index in [1.165, 1.54) is 23.4 Å². The summed E-state index contributed by atoms with van der Waals surface area (Å²) in [5.41, 5.74) is 17.9. The number of carbonyl (C=O) groups excluding carboxylic acids is 2. The van der Waals surface area contributed by atoms with Gasteiger partial charge in [-0.2, -0.15) is 0 Å². The summed E-state index contributed by atoms with van der Waals surface area (Å²) in [4.78, 5) is 89.1. The van der Waals surface area contributed by atoms with Crippen molar-refractivity contribution >= 4 is 62.3 Å². The quantitative estimate of drug-likeness (QED) is 0.103. The van der Waals surface area contributed by atoms with Gasteiger partial charge in [-0.1, -0.05) is 36.4 Å². The Morgan fingerprint density at radius 3 is 1.52 bits per heavy atom. The molecule has 3 fully saturated rings. The van der Waals surface area contributed by atoms with E-state index in [-0.39, 0.29) is 21.8 Å². The maximum atomic E-state index is 13.4. The van der Waals surface area contributed by atoms with Crippen LogP contribution in [0.25, 0.3) is 32.7 Å². The molecule has 19 heteroatoms. The number of fused-ring (bicyclic) bond motifs is 3. The minimum Gasteiger partial charge on any atom is -0.369 e. The number of benzene rings is 3. The van der Waals surface area contributed by atoms with Crippen LogP contribution in [0.1, 0.15) is 87.3 Å². The molecule has 11 heterocycles. The molecular weight excluding hydrogens is 1200 g/mol. The lowest BCUT2D eigenvalue weighted by Crippen LogP contribution is -2.48. The summed E-state index contributed by atoms with van der Waals surface area (Å²) >= 11 is 0. The molecule has 3 atom stereocenters. The van der Waals surface area contributed by atoms with E-state index in [4.69, 9.17) is 5.73 Å². The number of anilines is 3. The van der Waals surface area contributed by atoms with Crippen LogP contribution in [0.3, 0.4) is 0 Å². The Morgan fingerprint density at radius 1 is 0.510 bits per heavy atom. The van der Waals surface area contributed by atoms with E-state index in [2.05, 4.69) is 84.7 Å². The zero-order valence-corrected chi connectivity index (χ0v) is 55.5. The molecule has 0 bridgehead atoms. The summed E-state index contributed by atoms with van der Waals surface area (Å²) in [6, 6.07) is 43.8. The van der Waals surface area contributed by atoms with Crippen molar-refractivity contribution < 1.29 is 9.59 Å². The summed E-state index contributed by atoms with van der Waals surface area (Å²) in [5, 5.41) is 5.75. The second-order valence-corrected chi connectivity index (χ2v) is 24.8. The van der Waals surface area contributed by atoms with Crippen LogP contribution in [0.4, 0.5) is 17.1 Å². The highest BCUT2D eigenvalue weighted by atomic mass is 16.1. The molecule has 96 heavy (non-hydrogen) atoms. The van der Waals surface area contributed by atoms with Crippen LogP contribution in [0.5, 0.6) is 0 Å². The van der Waals surface area contributed by atoms with Crippen molar-refractivity contribution in [2.24, 2.45) is 26.9 Å². The number of pyridine rings is 8. The van der Waals surface area contributed by atoms with E-state index >= 15 is 0 Å². The van der Waals surface area contributed by atoms with Gasteiger partial charge in [0.25, 0.3) is 0 Å². The largest absolute Gasteiger partial charge is 0.369 e. The van der Waals surface area contributed by atoms with Gasteiger partial charge in [-0.25, -0.2) is 0 Å². The smallest absolute Gasteiger partial charge is 0.199 e. The van der Waals surface area contributed by atoms with Crippen molar-refractivity contribution in [1.82, 2.24) is 48.8 Å². The second kappa shape index (κ2) is 33.7. The lowest BCUT2D eigenvalue weighted by atomic mass is 10.0. The van der Waals surface area contributed by atoms with Gasteiger partial charge >= 0.3 is 0 Å². The van der Waals surface area contributed by atoms with E-state index in [0.717, 1.165) is 140 Å². The first-order valence-electron chi connectivity index (χ1n) is 32.9. The molecule has 14 rings (SSSR count). The molecule has 8 aromatic heterocycles. The van der Waals surface area contributed by atoms with Gasteiger partial charge in [0.05, 0.1) is 57.8 Å². The van der Waals surface area contributed by atoms with Crippen LogP contribution in [0.15, 0.2) is 216 Å². The number of aromatic nitrogens is 8. The first kappa shape index (κ1) is 68.5. The van der Waals surface area contributed by atoms with Crippen LogP contribution in [0.2, 0.25) is 0 Å². The molecule has 0 spiro atoms. The number of carbonyl (C=O) groups is 2. The Morgan fingerprint density at radius 2 is 1.00 bits per heavy atom. The van der Waals surface area contributed by atoms with Crippen LogP contribution in [-0.4, -0.2) is 113 Å². The van der Waals surface area contributed by atoms with Gasteiger partial charge in [0.15, 0.2) is 22.6 Å². The van der Waals surface area contributed by atoms with Crippen LogP contribution < -0.4 is 42.0 Å². The fourth-order valence-corrected chi connectivity index (χ4v) is 12.9. The maximum Gasteiger partial charge on any atom is 0.199 e. The lowest BCUT2D eigenvalue weighted by molar-refractivity contribution is 0.111. The molecule has 0 amide bonds. The predicted molar refractivity (Wildman–Crippen MR) is 385 cm³/mol. The highest BCUT2D eigenvalue weighted by molar-refractivity contribution is 5.86. The van der Waals surface area contributed by atoms with Crippen LogP contribution in [-0.2, 0) is 40.8 Å². The molecule has 494 valence electrons. The Balaban J connectivity index is 0.000000141. The summed E-state index contributed by atoms with van der Waals surface area (Å²) in [6.45, 7) is 11.9. The number of rotatable bonds is 13. The maximum absolute atomic E-state index is 13.4. The minimum absolute atomic E-state index is 0.129. The summed E-state index contributed by atoms with van der Waals surface area (Å²) < 4.78 is 5.89. The monoisotopic (exact) mass is 1290 g/mol. The number of para-hydroxylation sites is 3. The zero-order valence-electron chi connectivity index (χ0n) is 55.5. The zero-order chi connectivity index (χ0) is 67.3. The normalized spacial score (nSPS) is 16.0. The molecule has 19 nitrogen and oxygen atoms in total. The SMILES string of the molecule is Cc1cc(C=O)ccn1.Cc1cc(CN(Cc2cn(C)c3ccccc3c2=O)[C@H]2CCCN(c3cccnc3)C2)ccn1.Cn1cc(C=O)c(=O)c2ccccc21.Cn1cc(CN[C@H]2CCCN(c3cccnc3)C2)c(=O)c2ccccc21.N[C@H]1CCCN(c2cccnc2)C1. The molecule has 0 aliphatic carbocycles. The van der Waals surface area contributed by atoms with Crippen molar-refractivity contribution in [2.75, 3.05) is 54.0 Å². The van der Waals surface area contributed by atoms with Gasteiger partial charge < -0.3 is 39.5 Å². The molecule has 3 aliphatic rings. The topological polar surface area (TPSA) is 216 Å². The minimum atomic E-state index is -0.200. The third kappa shape index (κ3) is 18.1. The van der Waals surface area contributed by atoms with Gasteiger partial charge in [0, 0.05) is 192 Å². The second-order valence-electron chi connectivity index (χ2n) is 24.8.